The van der Waals surface area contributed by atoms with E-state index in [9.17, 15) is 4.79 Å². The maximum absolute atomic E-state index is 11.2. The molecule has 0 saturated heterocycles. The molecule has 0 N–H and O–H groups in total. The number of aryl methyl sites for hydroxylation is 2. The first-order chi connectivity index (χ1) is 14.1. The van der Waals surface area contributed by atoms with Crippen LogP contribution < -0.4 is 0 Å². The third-order valence-corrected chi connectivity index (χ3v) is 4.39. The molecule has 0 unspecified atom stereocenters. The van der Waals surface area contributed by atoms with E-state index in [1.165, 1.54) is 7.11 Å². The Morgan fingerprint density at radius 1 is 1.24 bits per heavy atom. The number of aromatic nitrogens is 4. The first kappa shape index (κ1) is 20.5. The summed E-state index contributed by atoms with van der Waals surface area (Å²) in [4.78, 5) is 20.4. The molecule has 0 radical (unpaired) electrons. The van der Waals surface area contributed by atoms with Crippen molar-refractivity contribution in [1.29, 1.82) is 0 Å². The zero-order chi connectivity index (χ0) is 20.8. The number of rotatable bonds is 7. The molecule has 8 heteroatoms. The lowest BCUT2D eigenvalue weighted by Gasteiger charge is -2.14. The summed E-state index contributed by atoms with van der Waals surface area (Å²) in [5.74, 6) is 0. The van der Waals surface area contributed by atoms with Gasteiger partial charge in [0.2, 0.25) is 0 Å². The van der Waals surface area contributed by atoms with Crippen LogP contribution in [0.25, 0.3) is 28.2 Å². The molecule has 0 bridgehead atoms. The van der Waals surface area contributed by atoms with Crippen LogP contribution in [0.4, 0.5) is 4.79 Å². The van der Waals surface area contributed by atoms with Gasteiger partial charge in [0, 0.05) is 48.1 Å². The lowest BCUT2D eigenvalue weighted by atomic mass is 9.96. The summed E-state index contributed by atoms with van der Waals surface area (Å²) in [6.07, 6.45) is 8.35. The summed E-state index contributed by atoms with van der Waals surface area (Å²) < 4.78 is 16.7. The van der Waals surface area contributed by atoms with Gasteiger partial charge in [-0.05, 0) is 31.6 Å². The van der Waals surface area contributed by atoms with Gasteiger partial charge in [0.25, 0.3) is 0 Å². The summed E-state index contributed by atoms with van der Waals surface area (Å²) in [7, 11) is 2.90. The van der Waals surface area contributed by atoms with Crippen LogP contribution in [0, 0.1) is 6.92 Å². The molecule has 0 saturated carbocycles. The summed E-state index contributed by atoms with van der Waals surface area (Å²) in [5, 5.41) is 5.40. The summed E-state index contributed by atoms with van der Waals surface area (Å²) in [5.41, 5.74) is 5.40. The van der Waals surface area contributed by atoms with Crippen LogP contribution in [0.5, 0.6) is 0 Å². The predicted octanol–water partition coefficient (Wildman–Crippen LogP) is 3.76. The second-order valence-corrected chi connectivity index (χ2v) is 6.40. The third-order valence-electron chi connectivity index (χ3n) is 4.39. The summed E-state index contributed by atoms with van der Waals surface area (Å²) in [6, 6.07) is 2.07. The number of carbonyl (C=O) groups excluding carboxylic acids is 1. The fourth-order valence-electron chi connectivity index (χ4n) is 3.15. The molecule has 3 aromatic heterocycles. The molecule has 29 heavy (non-hydrogen) atoms. The monoisotopic (exact) mass is 396 g/mol. The Morgan fingerprint density at radius 3 is 2.76 bits per heavy atom. The first-order valence-electron chi connectivity index (χ1n) is 9.25. The second kappa shape index (κ2) is 9.29. The van der Waals surface area contributed by atoms with Gasteiger partial charge in [-0.15, -0.1) is 0 Å². The minimum absolute atomic E-state index is 0.0802. The molecule has 3 heterocycles. The quantitative estimate of drug-likeness (QED) is 0.562. The van der Waals surface area contributed by atoms with E-state index in [0.29, 0.717) is 13.2 Å². The molecule has 0 amide bonds. The van der Waals surface area contributed by atoms with Gasteiger partial charge in [-0.3, -0.25) is 4.98 Å². The Labute approximate surface area is 169 Å². The normalized spacial score (nSPS) is 11.3. The van der Waals surface area contributed by atoms with Gasteiger partial charge >= 0.3 is 6.16 Å². The molecule has 0 aliphatic heterocycles. The second-order valence-electron chi connectivity index (χ2n) is 6.40. The molecule has 0 aliphatic carbocycles. The van der Waals surface area contributed by atoms with Crippen molar-refractivity contribution >= 4 is 23.3 Å². The topological polar surface area (TPSA) is 88.4 Å². The Balaban J connectivity index is 2.20. The smallest absolute Gasteiger partial charge is 0.438 e. The lowest BCUT2D eigenvalue weighted by molar-refractivity contribution is 0.0819. The number of nitrogens with zero attached hydrogens (tertiary/aromatic N) is 4. The summed E-state index contributed by atoms with van der Waals surface area (Å²) >= 11 is 0. The van der Waals surface area contributed by atoms with E-state index in [2.05, 4.69) is 20.9 Å². The predicted molar refractivity (Wildman–Crippen MR) is 109 cm³/mol. The maximum atomic E-state index is 11.2. The number of carbonyl (C=O) groups is 1. The van der Waals surface area contributed by atoms with E-state index < -0.39 is 6.16 Å². The number of methoxy groups -OCH3 is 2. The van der Waals surface area contributed by atoms with Crippen LogP contribution >= 0.6 is 0 Å². The van der Waals surface area contributed by atoms with Crippen molar-refractivity contribution < 1.29 is 19.0 Å². The zero-order valence-corrected chi connectivity index (χ0v) is 17.0. The highest BCUT2D eigenvalue weighted by Crippen LogP contribution is 2.34. The van der Waals surface area contributed by atoms with Gasteiger partial charge in [0.15, 0.2) is 5.65 Å². The van der Waals surface area contributed by atoms with Crippen LogP contribution in [0.1, 0.15) is 23.7 Å². The van der Waals surface area contributed by atoms with Crippen LogP contribution in [-0.4, -0.2) is 46.7 Å². The van der Waals surface area contributed by atoms with E-state index in [4.69, 9.17) is 14.5 Å². The zero-order valence-electron chi connectivity index (χ0n) is 17.0. The van der Waals surface area contributed by atoms with Gasteiger partial charge in [-0.2, -0.15) is 5.10 Å². The van der Waals surface area contributed by atoms with Crippen molar-refractivity contribution in [1.82, 2.24) is 19.7 Å². The van der Waals surface area contributed by atoms with E-state index in [-0.39, 0.29) is 6.61 Å². The van der Waals surface area contributed by atoms with Gasteiger partial charge in [0.1, 0.15) is 6.61 Å². The maximum Gasteiger partial charge on any atom is 0.508 e. The fraction of sp³-hybridized carbons (Fsp3) is 0.333. The molecular formula is C21H24N4O4. The number of ether oxygens (including phenoxy) is 3. The van der Waals surface area contributed by atoms with Crippen molar-refractivity contribution in [2.45, 2.75) is 27.0 Å². The highest BCUT2D eigenvalue weighted by molar-refractivity contribution is 5.97. The Bertz CT molecular complexity index is 1040. The number of fused-ring (bicyclic) bond motifs is 1. The molecule has 0 atom stereocenters. The molecule has 8 nitrogen and oxygen atoms in total. The minimum atomic E-state index is -0.729. The molecule has 0 fully saturated rings. The van der Waals surface area contributed by atoms with Gasteiger partial charge in [-0.1, -0.05) is 6.08 Å². The van der Waals surface area contributed by atoms with Crippen molar-refractivity contribution in [3.05, 3.63) is 47.6 Å². The molecule has 152 valence electrons. The van der Waals surface area contributed by atoms with Gasteiger partial charge < -0.3 is 14.2 Å². The number of pyridine rings is 2. The Kier molecular flexibility index (Phi) is 6.56. The molecular weight excluding hydrogens is 372 g/mol. The van der Waals surface area contributed by atoms with Crippen molar-refractivity contribution in [2.24, 2.45) is 0 Å². The Hall–Kier alpha value is -3.26. The van der Waals surface area contributed by atoms with E-state index >= 15 is 0 Å². The average Bonchev–Trinajstić information content (AvgIpc) is 3.13. The van der Waals surface area contributed by atoms with Crippen molar-refractivity contribution in [2.75, 3.05) is 20.8 Å². The molecule has 3 aromatic rings. The van der Waals surface area contributed by atoms with E-state index in [1.807, 2.05) is 43.2 Å². The largest absolute Gasteiger partial charge is 0.508 e. The standard InChI is InChI=1S/C21H24N4O4/c1-5-25-20-17(12-23-25)19(15-9-14(2)10-22-11-15)16(18(24-20)13-27-3)7-6-8-29-21(26)28-4/h6-7,9-12H,5,8,13H2,1-4H3. The van der Waals surface area contributed by atoms with Crippen LogP contribution in [0.2, 0.25) is 0 Å². The average molecular weight is 396 g/mol. The van der Waals surface area contributed by atoms with E-state index in [0.717, 1.165) is 39.0 Å². The highest BCUT2D eigenvalue weighted by atomic mass is 16.7. The third kappa shape index (κ3) is 4.43. The molecule has 0 aromatic carbocycles. The summed E-state index contributed by atoms with van der Waals surface area (Å²) in [6.45, 7) is 5.14. The molecule has 0 spiro atoms. The van der Waals surface area contributed by atoms with Crippen LogP contribution in [-0.2, 0) is 27.4 Å². The van der Waals surface area contributed by atoms with Crippen molar-refractivity contribution in [3.63, 3.8) is 0 Å². The number of hydrogen-bond donors (Lipinski definition) is 0. The highest BCUT2D eigenvalue weighted by Gasteiger charge is 2.18. The molecule has 3 rings (SSSR count). The van der Waals surface area contributed by atoms with Crippen molar-refractivity contribution in [3.8, 4) is 11.1 Å². The Morgan fingerprint density at radius 2 is 2.07 bits per heavy atom. The van der Waals surface area contributed by atoms with E-state index in [1.54, 1.807) is 13.2 Å². The van der Waals surface area contributed by atoms with Crippen LogP contribution in [0.3, 0.4) is 0 Å². The molecule has 0 aliphatic rings. The van der Waals surface area contributed by atoms with Gasteiger partial charge in [0.05, 0.1) is 25.6 Å². The van der Waals surface area contributed by atoms with Gasteiger partial charge in [-0.25, -0.2) is 14.5 Å². The fourth-order valence-corrected chi connectivity index (χ4v) is 3.15. The number of hydrogen-bond acceptors (Lipinski definition) is 7. The van der Waals surface area contributed by atoms with Crippen LogP contribution in [0.15, 0.2) is 30.7 Å². The first-order valence-corrected chi connectivity index (χ1v) is 9.25. The lowest BCUT2D eigenvalue weighted by Crippen LogP contribution is -2.05. The SMILES string of the molecule is CCn1ncc2c(-c3cncc(C)c3)c(C=CCOC(=O)OC)c(COC)nc21. The minimum Gasteiger partial charge on any atom is -0.438 e.